The number of nitrogens with zero attached hydrogens (tertiary/aromatic N) is 3. The molecule has 0 spiro atoms. The Balaban J connectivity index is 1.62. The molecule has 0 saturated carbocycles. The molecule has 0 bridgehead atoms. The van der Waals surface area contributed by atoms with Gasteiger partial charge in [-0.1, -0.05) is 12.1 Å². The molecule has 1 aromatic rings. The third-order valence-corrected chi connectivity index (χ3v) is 4.43. The summed E-state index contributed by atoms with van der Waals surface area (Å²) in [6.07, 6.45) is 0.329. The van der Waals surface area contributed by atoms with E-state index in [0.29, 0.717) is 25.1 Å². The van der Waals surface area contributed by atoms with Gasteiger partial charge in [0.25, 0.3) is 0 Å². The highest BCUT2D eigenvalue weighted by atomic mass is 16.2. The van der Waals surface area contributed by atoms with Crippen LogP contribution in [0.3, 0.4) is 0 Å². The van der Waals surface area contributed by atoms with Gasteiger partial charge in [0.2, 0.25) is 11.8 Å². The molecule has 2 amide bonds. The van der Waals surface area contributed by atoms with Crippen molar-refractivity contribution in [2.45, 2.75) is 6.42 Å². The van der Waals surface area contributed by atoms with E-state index < -0.39 is 0 Å². The summed E-state index contributed by atoms with van der Waals surface area (Å²) in [6, 6.07) is 9.13. The predicted molar refractivity (Wildman–Crippen MR) is 76.1 cm³/mol. The van der Waals surface area contributed by atoms with Crippen LogP contribution in [0.4, 0.5) is 0 Å². The van der Waals surface area contributed by atoms with Gasteiger partial charge in [-0.3, -0.25) is 9.59 Å². The van der Waals surface area contributed by atoms with Crippen molar-refractivity contribution in [3.63, 3.8) is 0 Å². The molecule has 3 rings (SSSR count). The fourth-order valence-electron chi connectivity index (χ4n) is 3.25. The van der Waals surface area contributed by atoms with Crippen LogP contribution in [-0.2, 0) is 16.0 Å². The highest BCUT2D eigenvalue weighted by molar-refractivity contribution is 5.85. The van der Waals surface area contributed by atoms with Gasteiger partial charge in [0.15, 0.2) is 0 Å². The molecule has 0 radical (unpaired) electrons. The number of fused-ring (bicyclic) bond motifs is 1. The summed E-state index contributed by atoms with van der Waals surface area (Å²) in [7, 11) is 1.82. The first kappa shape index (κ1) is 13.6. The van der Waals surface area contributed by atoms with Crippen molar-refractivity contribution in [1.29, 1.82) is 5.26 Å². The lowest BCUT2D eigenvalue weighted by Gasteiger charge is -2.19. The van der Waals surface area contributed by atoms with E-state index in [1.807, 2.05) is 19.2 Å². The Labute approximate surface area is 123 Å². The van der Waals surface area contributed by atoms with Crippen LogP contribution in [0.2, 0.25) is 0 Å². The minimum atomic E-state index is -0.0140. The fourth-order valence-corrected chi connectivity index (χ4v) is 3.25. The molecule has 0 unspecified atom stereocenters. The number of benzene rings is 1. The molecule has 5 nitrogen and oxygen atoms in total. The van der Waals surface area contributed by atoms with Crippen LogP contribution < -0.4 is 0 Å². The topological polar surface area (TPSA) is 64.4 Å². The maximum atomic E-state index is 12.3. The molecule has 2 aliphatic heterocycles. The van der Waals surface area contributed by atoms with Crippen molar-refractivity contribution in [1.82, 2.24) is 9.80 Å². The number of hydrogen-bond acceptors (Lipinski definition) is 3. The molecule has 21 heavy (non-hydrogen) atoms. The Kier molecular flexibility index (Phi) is 3.38. The summed E-state index contributed by atoms with van der Waals surface area (Å²) in [5, 5.41) is 8.76. The zero-order chi connectivity index (χ0) is 15.0. The molecule has 108 valence electrons. The maximum Gasteiger partial charge on any atom is 0.227 e. The minimum Gasteiger partial charge on any atom is -0.345 e. The van der Waals surface area contributed by atoms with Crippen molar-refractivity contribution in [3.05, 3.63) is 35.4 Å². The summed E-state index contributed by atoms with van der Waals surface area (Å²) in [6.45, 7) is 1.98. The minimum absolute atomic E-state index is 0.0140. The Hall–Kier alpha value is -2.35. The lowest BCUT2D eigenvalue weighted by Crippen LogP contribution is -2.35. The number of nitriles is 1. The van der Waals surface area contributed by atoms with Crippen molar-refractivity contribution in [2.75, 3.05) is 26.7 Å². The Morgan fingerprint density at radius 1 is 1.29 bits per heavy atom. The predicted octanol–water partition coefficient (Wildman–Crippen LogP) is 0.647. The number of carbonyl (C=O) groups is 2. The highest BCUT2D eigenvalue weighted by Gasteiger charge is 2.45. The Morgan fingerprint density at radius 3 is 2.62 bits per heavy atom. The van der Waals surface area contributed by atoms with E-state index >= 15 is 0 Å². The first-order chi connectivity index (χ1) is 10.1. The molecule has 1 aromatic carbocycles. The quantitative estimate of drug-likeness (QED) is 0.800. The number of rotatable bonds is 2. The number of likely N-dealkylation sites (tertiary alicyclic amines) is 2. The summed E-state index contributed by atoms with van der Waals surface area (Å²) < 4.78 is 0. The average molecular weight is 283 g/mol. The number of hydrogen-bond donors (Lipinski definition) is 0. The van der Waals surface area contributed by atoms with Gasteiger partial charge < -0.3 is 9.80 Å². The second-order valence-electron chi connectivity index (χ2n) is 5.87. The average Bonchev–Trinajstić information content (AvgIpc) is 3.01. The smallest absolute Gasteiger partial charge is 0.227 e. The van der Waals surface area contributed by atoms with E-state index in [0.717, 1.165) is 12.1 Å². The van der Waals surface area contributed by atoms with E-state index in [1.54, 1.807) is 21.9 Å². The molecule has 5 heteroatoms. The molecule has 2 aliphatic rings. The third-order valence-electron chi connectivity index (χ3n) is 4.43. The van der Waals surface area contributed by atoms with Crippen LogP contribution in [0.15, 0.2) is 24.3 Å². The second-order valence-corrected chi connectivity index (χ2v) is 5.87. The van der Waals surface area contributed by atoms with Crippen LogP contribution in [0.25, 0.3) is 0 Å². The third kappa shape index (κ3) is 2.49. The largest absolute Gasteiger partial charge is 0.345 e. The van der Waals surface area contributed by atoms with Gasteiger partial charge >= 0.3 is 0 Å². The van der Waals surface area contributed by atoms with Gasteiger partial charge in [0.1, 0.15) is 0 Å². The first-order valence-corrected chi connectivity index (χ1v) is 7.10. The van der Waals surface area contributed by atoms with Crippen LogP contribution in [-0.4, -0.2) is 48.3 Å². The van der Waals surface area contributed by atoms with E-state index in [9.17, 15) is 9.59 Å². The van der Waals surface area contributed by atoms with Gasteiger partial charge in [0, 0.05) is 32.6 Å². The summed E-state index contributed by atoms with van der Waals surface area (Å²) >= 11 is 0. The Bertz CT molecular complexity index is 617. The Morgan fingerprint density at radius 2 is 2.00 bits per heavy atom. The van der Waals surface area contributed by atoms with Crippen molar-refractivity contribution < 1.29 is 9.59 Å². The second kappa shape index (κ2) is 5.21. The summed E-state index contributed by atoms with van der Waals surface area (Å²) in [4.78, 5) is 27.8. The molecular formula is C16H17N3O2. The van der Waals surface area contributed by atoms with Crippen molar-refractivity contribution in [2.24, 2.45) is 11.8 Å². The molecule has 2 heterocycles. The highest BCUT2D eigenvalue weighted by Crippen LogP contribution is 2.31. The zero-order valence-electron chi connectivity index (χ0n) is 12.0. The molecule has 0 aliphatic carbocycles. The monoisotopic (exact) mass is 283 g/mol. The zero-order valence-corrected chi connectivity index (χ0v) is 12.0. The lowest BCUT2D eigenvalue weighted by molar-refractivity contribution is -0.132. The normalized spacial score (nSPS) is 24.1. The van der Waals surface area contributed by atoms with Gasteiger partial charge in [-0.05, 0) is 17.7 Å². The van der Waals surface area contributed by atoms with Gasteiger partial charge in [-0.15, -0.1) is 0 Å². The van der Waals surface area contributed by atoms with Crippen molar-refractivity contribution >= 4 is 11.8 Å². The maximum absolute atomic E-state index is 12.3. The number of carbonyl (C=O) groups excluding carboxylic acids is 2. The molecule has 0 N–H and O–H groups in total. The molecular weight excluding hydrogens is 266 g/mol. The molecule has 0 aromatic heterocycles. The van der Waals surface area contributed by atoms with Crippen LogP contribution in [0, 0.1) is 23.2 Å². The fraction of sp³-hybridized carbons (Fsp3) is 0.438. The molecule has 2 saturated heterocycles. The standard InChI is InChI=1S/C16H17N3O2/c1-18-8-13-9-19(10-14(13)16(18)21)15(20)6-11-2-4-12(7-17)5-3-11/h2-5,13-14H,6,8-10H2,1H3/t13-,14+/m1/s1. The molecule has 2 atom stereocenters. The van der Waals surface area contributed by atoms with Crippen molar-refractivity contribution in [3.8, 4) is 6.07 Å². The van der Waals surface area contributed by atoms with Gasteiger partial charge in [0.05, 0.1) is 24.0 Å². The van der Waals surface area contributed by atoms with Gasteiger partial charge in [-0.2, -0.15) is 5.26 Å². The van der Waals surface area contributed by atoms with Crippen LogP contribution >= 0.6 is 0 Å². The van der Waals surface area contributed by atoms with Crippen LogP contribution in [0.5, 0.6) is 0 Å². The van der Waals surface area contributed by atoms with E-state index in [4.69, 9.17) is 5.26 Å². The lowest BCUT2D eigenvalue weighted by atomic mass is 10.0. The summed E-state index contributed by atoms with van der Waals surface area (Å²) in [5.41, 5.74) is 1.50. The van der Waals surface area contributed by atoms with Crippen LogP contribution in [0.1, 0.15) is 11.1 Å². The van der Waals surface area contributed by atoms with E-state index in [2.05, 4.69) is 6.07 Å². The van der Waals surface area contributed by atoms with E-state index in [1.165, 1.54) is 0 Å². The first-order valence-electron chi connectivity index (χ1n) is 7.10. The molecule has 2 fully saturated rings. The SMILES string of the molecule is CN1C[C@@H]2CN(C(=O)Cc3ccc(C#N)cc3)C[C@@H]2C1=O. The number of amides is 2. The van der Waals surface area contributed by atoms with E-state index in [-0.39, 0.29) is 23.7 Å². The summed E-state index contributed by atoms with van der Waals surface area (Å²) in [5.74, 6) is 0.491. The van der Waals surface area contributed by atoms with Gasteiger partial charge in [-0.25, -0.2) is 0 Å².